The second-order valence-electron chi connectivity index (χ2n) is 8.19. The maximum atomic E-state index is 12.3. The molecule has 2 atom stereocenters. The molecule has 1 amide bonds. The first-order chi connectivity index (χ1) is 16.7. The molecule has 2 rings (SSSR count). The van der Waals surface area contributed by atoms with Crippen LogP contribution in [0.5, 0.6) is 0 Å². The molecule has 4 N–H and O–H groups in total. The Morgan fingerprint density at radius 1 is 1.31 bits per heavy atom. The van der Waals surface area contributed by atoms with E-state index in [2.05, 4.69) is 15.9 Å². The Labute approximate surface area is 210 Å². The lowest BCUT2D eigenvalue weighted by molar-refractivity contribution is -0.145. The molecule has 9 nitrogen and oxygen atoms in total. The summed E-state index contributed by atoms with van der Waals surface area (Å²) in [6, 6.07) is 10.4. The van der Waals surface area contributed by atoms with Gasteiger partial charge in [0.1, 0.15) is 34.8 Å². The Morgan fingerprint density at radius 2 is 1.97 bits per heavy atom. The summed E-state index contributed by atoms with van der Waals surface area (Å²) >= 11 is 1.08. The Balaban J connectivity index is 2.42. The van der Waals surface area contributed by atoms with Crippen molar-refractivity contribution < 1.29 is 14.3 Å². The number of likely N-dealkylation sites (N-methyl/N-ethyl adjacent to an activating group) is 1. The number of carbonyl (C=O) groups is 2. The van der Waals surface area contributed by atoms with Crippen LogP contribution in [0.2, 0.25) is 0 Å². The van der Waals surface area contributed by atoms with Gasteiger partial charge in [0.15, 0.2) is 0 Å². The minimum Gasteiger partial charge on any atom is -0.463 e. The highest BCUT2D eigenvalue weighted by Gasteiger charge is 2.27. The third kappa shape index (κ3) is 6.72. The van der Waals surface area contributed by atoms with Crippen LogP contribution in [0.1, 0.15) is 42.7 Å². The fourth-order valence-electron chi connectivity index (χ4n) is 3.30. The molecule has 10 heteroatoms. The van der Waals surface area contributed by atoms with E-state index < -0.39 is 23.2 Å². The quantitative estimate of drug-likeness (QED) is 0.275. The number of nitrogens with two attached hydrogens (primary N) is 2. The zero-order chi connectivity index (χ0) is 26.1. The summed E-state index contributed by atoms with van der Waals surface area (Å²) in [4.78, 5) is 34.3. The third-order valence-corrected chi connectivity index (χ3v) is 6.67. The van der Waals surface area contributed by atoms with Crippen LogP contribution in [-0.2, 0) is 20.7 Å². The lowest BCUT2D eigenvalue weighted by atomic mass is 10.1. The molecule has 0 radical (unpaired) electrons. The van der Waals surface area contributed by atoms with Crippen LogP contribution in [-0.4, -0.2) is 43.1 Å². The van der Waals surface area contributed by atoms with Crippen LogP contribution in [0.4, 0.5) is 11.5 Å². The maximum absolute atomic E-state index is 12.3. The smallest absolute Gasteiger partial charge is 0.323 e. The topological polar surface area (TPSA) is 140 Å². The van der Waals surface area contributed by atoms with E-state index >= 15 is 0 Å². The number of aromatic nitrogens is 1. The molecule has 0 aliphatic rings. The molecule has 0 aliphatic heterocycles. The van der Waals surface area contributed by atoms with Crippen molar-refractivity contribution in [3.8, 4) is 6.07 Å². The maximum Gasteiger partial charge on any atom is 0.323 e. The number of carbonyl (C=O) groups excluding carboxylic acids is 2. The van der Waals surface area contributed by atoms with E-state index in [0.29, 0.717) is 28.4 Å². The SMILES string of the molecule is [C-]#[N+]c1c(N(C)CCOC(=O)[C@@H](N)C(C)C)nc(SC(C(N)=O)c2ccccc2)c(C#N)c1CC. The van der Waals surface area contributed by atoms with Crippen LogP contribution in [0, 0.1) is 23.8 Å². The fraction of sp³-hybridized carbons (Fsp3) is 0.400. The van der Waals surface area contributed by atoms with Crippen molar-refractivity contribution in [2.24, 2.45) is 17.4 Å². The summed E-state index contributed by atoms with van der Waals surface area (Å²) in [6.45, 7) is 13.5. The summed E-state index contributed by atoms with van der Waals surface area (Å²) in [7, 11) is 1.72. The Bertz CT molecular complexity index is 1140. The molecule has 1 aromatic carbocycles. The van der Waals surface area contributed by atoms with E-state index in [4.69, 9.17) is 22.8 Å². The van der Waals surface area contributed by atoms with Gasteiger partial charge in [-0.3, -0.25) is 9.59 Å². The monoisotopic (exact) mass is 494 g/mol. The van der Waals surface area contributed by atoms with Gasteiger partial charge in [0.2, 0.25) is 11.6 Å². The van der Waals surface area contributed by atoms with Crippen molar-refractivity contribution >= 4 is 35.1 Å². The first-order valence-electron chi connectivity index (χ1n) is 11.1. The number of nitrogens with zero attached hydrogens (tertiary/aromatic N) is 4. The number of esters is 1. The van der Waals surface area contributed by atoms with Crippen molar-refractivity contribution in [2.45, 2.75) is 43.5 Å². The number of ether oxygens (including phenoxy) is 1. The highest BCUT2D eigenvalue weighted by molar-refractivity contribution is 8.00. The van der Waals surface area contributed by atoms with Gasteiger partial charge < -0.3 is 21.1 Å². The summed E-state index contributed by atoms with van der Waals surface area (Å²) in [5.74, 6) is -0.783. The van der Waals surface area contributed by atoms with Gasteiger partial charge >= 0.3 is 5.97 Å². The molecule has 0 saturated heterocycles. The number of primary amides is 1. The zero-order valence-corrected chi connectivity index (χ0v) is 21.1. The predicted octanol–water partition coefficient (Wildman–Crippen LogP) is 3.35. The number of amides is 1. The molecule has 1 aromatic heterocycles. The molecule has 1 unspecified atom stereocenters. The fourth-order valence-corrected chi connectivity index (χ4v) is 4.36. The van der Waals surface area contributed by atoms with Crippen molar-refractivity contribution in [1.29, 1.82) is 5.26 Å². The third-order valence-electron chi connectivity index (χ3n) is 5.41. The molecule has 184 valence electrons. The molecule has 0 spiro atoms. The van der Waals surface area contributed by atoms with Crippen LogP contribution < -0.4 is 16.4 Å². The van der Waals surface area contributed by atoms with E-state index in [1.54, 1.807) is 36.2 Å². The Hall–Kier alpha value is -3.60. The molecule has 1 heterocycles. The largest absolute Gasteiger partial charge is 0.463 e. The Kier molecular flexibility index (Phi) is 10.1. The van der Waals surface area contributed by atoms with Crippen molar-refractivity contribution in [3.05, 3.63) is 58.4 Å². The minimum atomic E-state index is -0.768. The number of rotatable bonds is 11. The summed E-state index contributed by atoms with van der Waals surface area (Å²) in [6.07, 6.45) is 0.419. The molecule has 0 bridgehead atoms. The van der Waals surface area contributed by atoms with E-state index in [-0.39, 0.29) is 30.3 Å². The van der Waals surface area contributed by atoms with Gasteiger partial charge in [-0.2, -0.15) is 5.26 Å². The molecule has 0 saturated carbocycles. The number of nitriles is 1. The van der Waals surface area contributed by atoms with Crippen LogP contribution in [0.25, 0.3) is 4.85 Å². The lowest BCUT2D eigenvalue weighted by Gasteiger charge is -2.24. The number of hydrogen-bond acceptors (Lipinski definition) is 8. The van der Waals surface area contributed by atoms with Gasteiger partial charge in [-0.05, 0) is 23.5 Å². The summed E-state index contributed by atoms with van der Waals surface area (Å²) in [5, 5.41) is 9.44. The van der Waals surface area contributed by atoms with E-state index in [1.165, 1.54) is 0 Å². The number of hydrogen-bond donors (Lipinski definition) is 2. The molecular weight excluding hydrogens is 464 g/mol. The van der Waals surface area contributed by atoms with Gasteiger partial charge in [0.05, 0.1) is 18.7 Å². The second-order valence-corrected chi connectivity index (χ2v) is 9.28. The lowest BCUT2D eigenvalue weighted by Crippen LogP contribution is -2.38. The standard InChI is InChI=1S/C25H30N6O3S/c1-6-17-18(14-26)24(35-21(22(28)32)16-10-8-7-9-11-16)30-23(20(17)29-4)31(5)12-13-34-25(33)19(27)15(2)3/h7-11,15,19,21H,6,12-13,27H2,1-3,5H3,(H2,28,32)/t19-,21?/m0/s1. The molecule has 0 aliphatic carbocycles. The first kappa shape index (κ1) is 27.6. The summed E-state index contributed by atoms with van der Waals surface area (Å²) in [5.41, 5.74) is 13.2. The average molecular weight is 495 g/mol. The molecule has 0 fully saturated rings. The Morgan fingerprint density at radius 3 is 2.49 bits per heavy atom. The van der Waals surface area contributed by atoms with Crippen LogP contribution in [0.3, 0.4) is 0 Å². The van der Waals surface area contributed by atoms with Crippen molar-refractivity contribution in [2.75, 3.05) is 25.1 Å². The van der Waals surface area contributed by atoms with Gasteiger partial charge in [0.25, 0.3) is 0 Å². The van der Waals surface area contributed by atoms with Crippen molar-refractivity contribution in [1.82, 2.24) is 4.98 Å². The number of anilines is 1. The van der Waals surface area contributed by atoms with Gasteiger partial charge in [-0.1, -0.05) is 62.9 Å². The van der Waals surface area contributed by atoms with Crippen LogP contribution >= 0.6 is 11.8 Å². The van der Waals surface area contributed by atoms with Crippen LogP contribution in [0.15, 0.2) is 35.4 Å². The first-order valence-corrected chi connectivity index (χ1v) is 12.0. The predicted molar refractivity (Wildman–Crippen MR) is 136 cm³/mol. The minimum absolute atomic E-state index is 0.0483. The van der Waals surface area contributed by atoms with Gasteiger partial charge in [-0.15, -0.1) is 0 Å². The van der Waals surface area contributed by atoms with E-state index in [9.17, 15) is 14.9 Å². The highest BCUT2D eigenvalue weighted by Crippen LogP contribution is 2.42. The second kappa shape index (κ2) is 12.7. The van der Waals surface area contributed by atoms with Gasteiger partial charge in [0, 0.05) is 7.05 Å². The van der Waals surface area contributed by atoms with E-state index in [0.717, 1.165) is 11.8 Å². The highest BCUT2D eigenvalue weighted by atomic mass is 32.2. The van der Waals surface area contributed by atoms with Gasteiger partial charge in [-0.25, -0.2) is 9.83 Å². The molecule has 2 aromatic rings. The van der Waals surface area contributed by atoms with E-state index in [1.807, 2.05) is 26.8 Å². The number of benzene rings is 1. The number of pyridine rings is 1. The zero-order valence-electron chi connectivity index (χ0n) is 20.3. The number of thioether (sulfide) groups is 1. The summed E-state index contributed by atoms with van der Waals surface area (Å²) < 4.78 is 5.29. The normalized spacial score (nSPS) is 12.3. The molecule has 35 heavy (non-hydrogen) atoms. The molecular formula is C25H30N6O3S. The van der Waals surface area contributed by atoms with Crippen molar-refractivity contribution in [3.63, 3.8) is 0 Å². The average Bonchev–Trinajstić information content (AvgIpc) is 2.85.